The lowest BCUT2D eigenvalue weighted by atomic mass is 9.94. The Kier molecular flexibility index (Phi) is 3.59. The molecule has 1 aliphatic heterocycles. The average molecular weight is 230 g/mol. The first kappa shape index (κ1) is 11.9. The normalized spacial score (nSPS) is 18.3. The summed E-state index contributed by atoms with van der Waals surface area (Å²) in [6.45, 7) is 6.79. The van der Waals surface area contributed by atoms with Crippen molar-refractivity contribution in [3.63, 3.8) is 0 Å². The van der Waals surface area contributed by atoms with Gasteiger partial charge in [-0.3, -0.25) is 4.79 Å². The highest BCUT2D eigenvalue weighted by Crippen LogP contribution is 2.18. The zero-order chi connectivity index (χ0) is 12.3. The number of hydrogen-bond donors (Lipinski definition) is 2. The highest BCUT2D eigenvalue weighted by atomic mass is 16.1. The van der Waals surface area contributed by atoms with Gasteiger partial charge in [-0.1, -0.05) is 30.8 Å². The van der Waals surface area contributed by atoms with E-state index in [9.17, 15) is 4.79 Å². The van der Waals surface area contributed by atoms with Gasteiger partial charge in [0.2, 0.25) is 0 Å². The van der Waals surface area contributed by atoms with Crippen LogP contribution in [-0.2, 0) is 17.8 Å². The lowest BCUT2D eigenvalue weighted by molar-refractivity contribution is -0.116. The largest absolute Gasteiger partial charge is 0.380 e. The number of hydrogen-bond acceptors (Lipinski definition) is 3. The van der Waals surface area contributed by atoms with Crippen LogP contribution in [0.3, 0.4) is 0 Å². The zero-order valence-electron chi connectivity index (χ0n) is 10.1. The highest BCUT2D eigenvalue weighted by molar-refractivity contribution is 5.77. The molecule has 1 aromatic carbocycles. The molecule has 3 nitrogen and oxygen atoms in total. The lowest BCUT2D eigenvalue weighted by Crippen LogP contribution is -2.41. The zero-order valence-corrected chi connectivity index (χ0v) is 10.1. The predicted molar refractivity (Wildman–Crippen MR) is 68.6 cm³/mol. The van der Waals surface area contributed by atoms with Gasteiger partial charge in [0.25, 0.3) is 0 Å². The minimum absolute atomic E-state index is 0.127. The molecule has 0 saturated heterocycles. The van der Waals surface area contributed by atoms with Crippen LogP contribution >= 0.6 is 0 Å². The summed E-state index contributed by atoms with van der Waals surface area (Å²) >= 11 is 0. The first-order valence-corrected chi connectivity index (χ1v) is 5.89. The summed E-state index contributed by atoms with van der Waals surface area (Å²) in [6.07, 6.45) is 0.930. The molecule has 0 amide bonds. The molecule has 0 fully saturated rings. The SMILES string of the molecule is C=C(NCC(C)=O)[C@H]1Cc2ccccc2CN1. The number of ketones is 1. The Labute approximate surface area is 102 Å². The van der Waals surface area contributed by atoms with Crippen molar-refractivity contribution in [2.45, 2.75) is 25.9 Å². The van der Waals surface area contributed by atoms with Gasteiger partial charge in [-0.05, 0) is 24.5 Å². The molecule has 1 heterocycles. The van der Waals surface area contributed by atoms with Gasteiger partial charge in [-0.2, -0.15) is 0 Å². The summed E-state index contributed by atoms with van der Waals surface area (Å²) in [5.41, 5.74) is 3.61. The van der Waals surface area contributed by atoms with Crippen molar-refractivity contribution in [2.75, 3.05) is 6.54 Å². The monoisotopic (exact) mass is 230 g/mol. The molecule has 0 aromatic heterocycles. The number of carbonyl (C=O) groups excluding carboxylic acids is 1. The second-order valence-corrected chi connectivity index (χ2v) is 4.49. The first-order chi connectivity index (χ1) is 8.16. The van der Waals surface area contributed by atoms with Crippen molar-refractivity contribution in [3.8, 4) is 0 Å². The maximum Gasteiger partial charge on any atom is 0.148 e. The Balaban J connectivity index is 1.97. The molecule has 0 spiro atoms. The van der Waals surface area contributed by atoms with Crippen molar-refractivity contribution in [1.82, 2.24) is 10.6 Å². The van der Waals surface area contributed by atoms with E-state index in [1.54, 1.807) is 6.92 Å². The van der Waals surface area contributed by atoms with Crippen LogP contribution in [0.25, 0.3) is 0 Å². The predicted octanol–water partition coefficient (Wildman–Crippen LogP) is 1.39. The molecule has 0 aliphatic carbocycles. The number of Topliss-reactive ketones (excluding diaryl/α,β-unsaturated/α-hetero) is 1. The number of nitrogens with one attached hydrogen (secondary N) is 2. The molecule has 0 unspecified atom stereocenters. The number of fused-ring (bicyclic) bond motifs is 1. The lowest BCUT2D eigenvalue weighted by Gasteiger charge is -2.28. The van der Waals surface area contributed by atoms with Crippen molar-refractivity contribution >= 4 is 5.78 Å². The molecule has 3 heteroatoms. The van der Waals surface area contributed by atoms with E-state index in [1.165, 1.54) is 11.1 Å². The van der Waals surface area contributed by atoms with Crippen LogP contribution in [0.1, 0.15) is 18.1 Å². The summed E-state index contributed by atoms with van der Waals surface area (Å²) in [4.78, 5) is 10.9. The highest BCUT2D eigenvalue weighted by Gasteiger charge is 2.19. The summed E-state index contributed by atoms with van der Waals surface area (Å²) < 4.78 is 0. The molecule has 0 radical (unpaired) electrons. The fourth-order valence-corrected chi connectivity index (χ4v) is 2.06. The Hall–Kier alpha value is -1.61. The summed E-state index contributed by atoms with van der Waals surface area (Å²) in [5, 5.41) is 6.50. The van der Waals surface area contributed by atoms with Crippen LogP contribution in [0, 0.1) is 0 Å². The Morgan fingerprint density at radius 1 is 1.47 bits per heavy atom. The molecule has 1 aliphatic rings. The minimum Gasteiger partial charge on any atom is -0.380 e. The van der Waals surface area contributed by atoms with Crippen LogP contribution in [0.15, 0.2) is 36.5 Å². The van der Waals surface area contributed by atoms with Crippen LogP contribution < -0.4 is 10.6 Å². The van der Waals surface area contributed by atoms with Crippen LogP contribution in [0.4, 0.5) is 0 Å². The van der Waals surface area contributed by atoms with Gasteiger partial charge in [0.05, 0.1) is 12.6 Å². The van der Waals surface area contributed by atoms with Crippen LogP contribution in [-0.4, -0.2) is 18.4 Å². The van der Waals surface area contributed by atoms with Gasteiger partial charge >= 0.3 is 0 Å². The van der Waals surface area contributed by atoms with E-state index >= 15 is 0 Å². The second kappa shape index (κ2) is 5.15. The first-order valence-electron chi connectivity index (χ1n) is 5.89. The molecular formula is C14H18N2O. The van der Waals surface area contributed by atoms with Gasteiger partial charge in [0.15, 0.2) is 0 Å². The third-order valence-corrected chi connectivity index (χ3v) is 3.07. The van der Waals surface area contributed by atoms with Crippen molar-refractivity contribution in [2.24, 2.45) is 0 Å². The second-order valence-electron chi connectivity index (χ2n) is 4.49. The maximum atomic E-state index is 10.9. The van der Waals surface area contributed by atoms with Gasteiger partial charge < -0.3 is 10.6 Å². The fraction of sp³-hybridized carbons (Fsp3) is 0.357. The van der Waals surface area contributed by atoms with E-state index in [2.05, 4.69) is 41.5 Å². The Morgan fingerprint density at radius 3 is 2.88 bits per heavy atom. The van der Waals surface area contributed by atoms with Gasteiger partial charge in [0.1, 0.15) is 5.78 Å². The van der Waals surface area contributed by atoms with Crippen LogP contribution in [0.2, 0.25) is 0 Å². The smallest absolute Gasteiger partial charge is 0.148 e. The number of benzene rings is 1. The number of carbonyl (C=O) groups is 1. The molecule has 90 valence electrons. The quantitative estimate of drug-likeness (QED) is 0.821. The van der Waals surface area contributed by atoms with Crippen LogP contribution in [0.5, 0.6) is 0 Å². The molecule has 1 atom stereocenters. The van der Waals surface area contributed by atoms with Crippen molar-refractivity contribution in [3.05, 3.63) is 47.7 Å². The van der Waals surface area contributed by atoms with E-state index in [4.69, 9.17) is 0 Å². The van der Waals surface area contributed by atoms with E-state index in [-0.39, 0.29) is 11.8 Å². The number of rotatable bonds is 4. The van der Waals surface area contributed by atoms with E-state index in [1.807, 2.05) is 0 Å². The molecule has 0 bridgehead atoms. The third-order valence-electron chi connectivity index (χ3n) is 3.07. The Bertz CT molecular complexity index is 440. The van der Waals surface area contributed by atoms with E-state index < -0.39 is 0 Å². The summed E-state index contributed by atoms with van der Waals surface area (Å²) in [6, 6.07) is 8.63. The van der Waals surface area contributed by atoms with Crippen molar-refractivity contribution < 1.29 is 4.79 Å². The standard InChI is InChI=1S/C14H18N2O/c1-10(17)8-15-11(2)14-7-12-5-3-4-6-13(12)9-16-14/h3-6,14-16H,2,7-9H2,1H3/t14-/m1/s1. The molecule has 17 heavy (non-hydrogen) atoms. The topological polar surface area (TPSA) is 41.1 Å². The van der Waals surface area contributed by atoms with Gasteiger partial charge in [-0.15, -0.1) is 0 Å². The third kappa shape index (κ3) is 2.94. The molecular weight excluding hydrogens is 212 g/mol. The van der Waals surface area contributed by atoms with E-state index in [0.717, 1.165) is 18.7 Å². The van der Waals surface area contributed by atoms with Gasteiger partial charge in [0, 0.05) is 12.2 Å². The molecule has 0 saturated carbocycles. The fourth-order valence-electron chi connectivity index (χ4n) is 2.06. The summed E-state index contributed by atoms with van der Waals surface area (Å²) in [7, 11) is 0. The average Bonchev–Trinajstić information content (AvgIpc) is 2.35. The van der Waals surface area contributed by atoms with Crippen molar-refractivity contribution in [1.29, 1.82) is 0 Å². The Morgan fingerprint density at radius 2 is 2.18 bits per heavy atom. The molecule has 1 aromatic rings. The summed E-state index contributed by atoms with van der Waals surface area (Å²) in [5.74, 6) is 0.127. The minimum atomic E-state index is 0.127. The maximum absolute atomic E-state index is 10.9. The molecule has 2 N–H and O–H groups in total. The molecule has 2 rings (SSSR count). The van der Waals surface area contributed by atoms with Gasteiger partial charge in [-0.25, -0.2) is 0 Å². The van der Waals surface area contributed by atoms with E-state index in [0.29, 0.717) is 6.54 Å².